The molecule has 2 N–H and O–H groups in total. The third-order valence-electron chi connectivity index (χ3n) is 4.82. The van der Waals surface area contributed by atoms with Crippen LogP contribution in [0.25, 0.3) is 0 Å². The molecule has 1 saturated heterocycles. The number of fused-ring (bicyclic) bond motifs is 3. The number of hydrogen-bond donors (Lipinski definition) is 2. The molecule has 2 aliphatic heterocycles. The second-order valence-electron chi connectivity index (χ2n) is 6.00. The minimum atomic E-state index is 0.302. The molecule has 0 aromatic heterocycles. The summed E-state index contributed by atoms with van der Waals surface area (Å²) < 4.78 is 5.26. The highest BCUT2D eigenvalue weighted by atomic mass is 35.5. The molecule has 3 atom stereocenters. The lowest BCUT2D eigenvalue weighted by Gasteiger charge is -2.35. The summed E-state index contributed by atoms with van der Waals surface area (Å²) in [5, 5.41) is 8.17. The lowest BCUT2D eigenvalue weighted by atomic mass is 9.82. The number of methoxy groups -OCH3 is 1. The van der Waals surface area contributed by atoms with Crippen LogP contribution in [0, 0.1) is 0 Å². The summed E-state index contributed by atoms with van der Waals surface area (Å²) >= 11 is 6.18. The second-order valence-corrected chi connectivity index (χ2v) is 6.44. The summed E-state index contributed by atoms with van der Waals surface area (Å²) in [6.45, 7) is 1.02. The topological polar surface area (TPSA) is 33.3 Å². The smallest absolute Gasteiger partial charge is 0.118 e. The molecule has 2 heterocycles. The lowest BCUT2D eigenvalue weighted by Crippen LogP contribution is -2.43. The molecule has 2 aromatic carbocycles. The molecule has 114 valence electrons. The maximum atomic E-state index is 6.18. The van der Waals surface area contributed by atoms with E-state index in [0.29, 0.717) is 18.0 Å². The number of anilines is 1. The van der Waals surface area contributed by atoms with Crippen molar-refractivity contribution in [2.75, 3.05) is 19.0 Å². The Kier molecular flexibility index (Phi) is 3.47. The molecular formula is C18H19ClN2O. The van der Waals surface area contributed by atoms with Crippen LogP contribution in [0.2, 0.25) is 5.02 Å². The highest BCUT2D eigenvalue weighted by Crippen LogP contribution is 2.45. The molecule has 4 rings (SSSR count). The number of nitrogens with one attached hydrogen (secondary N) is 2. The quantitative estimate of drug-likeness (QED) is 0.880. The summed E-state index contributed by atoms with van der Waals surface area (Å²) in [6.07, 6.45) is 1.14. The second kappa shape index (κ2) is 5.49. The molecule has 2 unspecified atom stereocenters. The average molecular weight is 315 g/mol. The predicted octanol–water partition coefficient (Wildman–Crippen LogP) is 3.96. The molecule has 0 saturated carbocycles. The standard InChI is InChI=1S/C18H19ClN2O/c1-22-13-5-2-11(3-6-13)17-18-14(8-9-20-17)15-10-12(19)4-7-16(15)21-18/h2-7,10,14,17-18,20-21H,8-9H2,1H3/t14?,17-,18?/m0/s1. The van der Waals surface area contributed by atoms with E-state index in [4.69, 9.17) is 16.3 Å². The van der Waals surface area contributed by atoms with Gasteiger partial charge in [-0.1, -0.05) is 23.7 Å². The van der Waals surface area contributed by atoms with Gasteiger partial charge in [0, 0.05) is 16.6 Å². The van der Waals surface area contributed by atoms with Gasteiger partial charge in [0.05, 0.1) is 19.2 Å². The van der Waals surface area contributed by atoms with E-state index >= 15 is 0 Å². The van der Waals surface area contributed by atoms with Gasteiger partial charge in [-0.25, -0.2) is 0 Å². The van der Waals surface area contributed by atoms with Gasteiger partial charge in [-0.05, 0) is 54.4 Å². The zero-order valence-electron chi connectivity index (χ0n) is 12.5. The fourth-order valence-electron chi connectivity index (χ4n) is 3.75. The van der Waals surface area contributed by atoms with E-state index in [1.165, 1.54) is 16.8 Å². The van der Waals surface area contributed by atoms with Gasteiger partial charge in [0.2, 0.25) is 0 Å². The van der Waals surface area contributed by atoms with Gasteiger partial charge in [-0.2, -0.15) is 0 Å². The molecule has 3 nitrogen and oxygen atoms in total. The first-order valence-corrected chi connectivity index (χ1v) is 8.07. The third-order valence-corrected chi connectivity index (χ3v) is 5.06. The van der Waals surface area contributed by atoms with Gasteiger partial charge in [0.1, 0.15) is 5.75 Å². The van der Waals surface area contributed by atoms with E-state index in [9.17, 15) is 0 Å². The Labute approximate surface area is 135 Å². The number of rotatable bonds is 2. The zero-order valence-corrected chi connectivity index (χ0v) is 13.2. The van der Waals surface area contributed by atoms with Crippen molar-refractivity contribution < 1.29 is 4.74 Å². The number of piperidine rings is 1. The first kappa shape index (κ1) is 13.9. The summed E-state index contributed by atoms with van der Waals surface area (Å²) in [5.41, 5.74) is 3.88. The van der Waals surface area contributed by atoms with Crippen LogP contribution >= 0.6 is 11.6 Å². The minimum absolute atomic E-state index is 0.302. The van der Waals surface area contributed by atoms with Crippen LogP contribution in [0.4, 0.5) is 5.69 Å². The van der Waals surface area contributed by atoms with Gasteiger partial charge in [0.25, 0.3) is 0 Å². The van der Waals surface area contributed by atoms with Crippen molar-refractivity contribution in [2.24, 2.45) is 0 Å². The van der Waals surface area contributed by atoms with Crippen molar-refractivity contribution in [1.29, 1.82) is 0 Å². The molecule has 0 bridgehead atoms. The van der Waals surface area contributed by atoms with Gasteiger partial charge < -0.3 is 15.4 Å². The van der Waals surface area contributed by atoms with Crippen LogP contribution in [0.5, 0.6) is 5.75 Å². The first-order valence-electron chi connectivity index (χ1n) is 7.69. The minimum Gasteiger partial charge on any atom is -0.497 e. The Balaban J connectivity index is 1.66. The average Bonchev–Trinajstić information content (AvgIpc) is 2.93. The van der Waals surface area contributed by atoms with E-state index in [-0.39, 0.29) is 0 Å². The van der Waals surface area contributed by atoms with E-state index in [2.05, 4.69) is 34.9 Å². The van der Waals surface area contributed by atoms with E-state index in [1.807, 2.05) is 18.2 Å². The third kappa shape index (κ3) is 2.25. The SMILES string of the molecule is COc1ccc([C@@H]2NCCC3c4cc(Cl)ccc4NC32)cc1. The van der Waals surface area contributed by atoms with Gasteiger partial charge in [-0.3, -0.25) is 0 Å². The zero-order chi connectivity index (χ0) is 15.1. The maximum absolute atomic E-state index is 6.18. The molecule has 0 amide bonds. The summed E-state index contributed by atoms with van der Waals surface area (Å²) in [7, 11) is 1.70. The number of ether oxygens (including phenoxy) is 1. The van der Waals surface area contributed by atoms with Crippen LogP contribution in [0.3, 0.4) is 0 Å². The Morgan fingerprint density at radius 2 is 1.95 bits per heavy atom. The maximum Gasteiger partial charge on any atom is 0.118 e. The number of benzene rings is 2. The Morgan fingerprint density at radius 3 is 2.73 bits per heavy atom. The van der Waals surface area contributed by atoms with E-state index in [0.717, 1.165) is 23.7 Å². The summed E-state index contributed by atoms with van der Waals surface area (Å²) in [4.78, 5) is 0. The molecule has 0 aliphatic carbocycles. The molecular weight excluding hydrogens is 296 g/mol. The molecule has 4 heteroatoms. The highest BCUT2D eigenvalue weighted by Gasteiger charge is 2.40. The van der Waals surface area contributed by atoms with Crippen molar-refractivity contribution in [2.45, 2.75) is 24.4 Å². The Bertz CT molecular complexity index is 686. The van der Waals surface area contributed by atoms with Crippen LogP contribution in [-0.4, -0.2) is 19.7 Å². The molecule has 0 radical (unpaired) electrons. The molecule has 2 aliphatic rings. The van der Waals surface area contributed by atoms with Gasteiger partial charge >= 0.3 is 0 Å². The van der Waals surface area contributed by atoms with Crippen molar-refractivity contribution in [3.8, 4) is 5.75 Å². The van der Waals surface area contributed by atoms with Gasteiger partial charge in [-0.15, -0.1) is 0 Å². The fraction of sp³-hybridized carbons (Fsp3) is 0.333. The van der Waals surface area contributed by atoms with E-state index < -0.39 is 0 Å². The predicted molar refractivity (Wildman–Crippen MR) is 90.0 cm³/mol. The molecule has 0 spiro atoms. The first-order chi connectivity index (χ1) is 10.8. The monoisotopic (exact) mass is 314 g/mol. The van der Waals surface area contributed by atoms with Crippen molar-refractivity contribution in [1.82, 2.24) is 5.32 Å². The van der Waals surface area contributed by atoms with Gasteiger partial charge in [0.15, 0.2) is 0 Å². The van der Waals surface area contributed by atoms with Crippen molar-refractivity contribution in [3.05, 3.63) is 58.6 Å². The Morgan fingerprint density at radius 1 is 1.14 bits per heavy atom. The highest BCUT2D eigenvalue weighted by molar-refractivity contribution is 6.30. The largest absolute Gasteiger partial charge is 0.497 e. The molecule has 1 fully saturated rings. The van der Waals surface area contributed by atoms with Crippen LogP contribution in [0.15, 0.2) is 42.5 Å². The molecule has 2 aromatic rings. The van der Waals surface area contributed by atoms with E-state index in [1.54, 1.807) is 7.11 Å². The summed E-state index contributed by atoms with van der Waals surface area (Å²) in [6, 6.07) is 15.2. The van der Waals surface area contributed by atoms with Crippen LogP contribution in [-0.2, 0) is 0 Å². The van der Waals surface area contributed by atoms with Crippen LogP contribution in [0.1, 0.15) is 29.5 Å². The normalized spacial score (nSPS) is 26.0. The number of halogens is 1. The fourth-order valence-corrected chi connectivity index (χ4v) is 3.93. The van der Waals surface area contributed by atoms with Crippen molar-refractivity contribution >= 4 is 17.3 Å². The summed E-state index contributed by atoms with van der Waals surface area (Å²) in [5.74, 6) is 1.41. The Hall–Kier alpha value is -1.71. The lowest BCUT2D eigenvalue weighted by molar-refractivity contribution is 0.348. The molecule has 22 heavy (non-hydrogen) atoms. The van der Waals surface area contributed by atoms with Crippen LogP contribution < -0.4 is 15.4 Å². The number of hydrogen-bond acceptors (Lipinski definition) is 3. The van der Waals surface area contributed by atoms with Crippen molar-refractivity contribution in [3.63, 3.8) is 0 Å².